The van der Waals surface area contributed by atoms with Gasteiger partial charge in [-0.2, -0.15) is 0 Å². The summed E-state index contributed by atoms with van der Waals surface area (Å²) in [6, 6.07) is 0. The molecule has 1 unspecified atom stereocenters. The normalized spacial score (nSPS) is 21.8. The molecule has 19 heavy (non-hydrogen) atoms. The van der Waals surface area contributed by atoms with Crippen LogP contribution in [0.25, 0.3) is 0 Å². The van der Waals surface area contributed by atoms with Crippen LogP contribution in [-0.2, 0) is 10.0 Å². The highest BCUT2D eigenvalue weighted by atomic mass is 32.2. The molecule has 2 aliphatic carbocycles. The predicted octanol–water partition coefficient (Wildman–Crippen LogP) is 1.83. The molecule has 0 bridgehead atoms. The Kier molecular flexibility index (Phi) is 5.26. The van der Waals surface area contributed by atoms with Crippen molar-refractivity contribution in [1.29, 1.82) is 0 Å². The topological polar surface area (TPSA) is 49.4 Å². The summed E-state index contributed by atoms with van der Waals surface area (Å²) in [7, 11) is -3.12. The number of rotatable bonds is 10. The van der Waals surface area contributed by atoms with Gasteiger partial charge in [-0.1, -0.05) is 6.92 Å². The van der Waals surface area contributed by atoms with Crippen molar-refractivity contribution in [3.05, 3.63) is 0 Å². The molecule has 0 amide bonds. The van der Waals surface area contributed by atoms with Gasteiger partial charge in [0.2, 0.25) is 10.0 Å². The quantitative estimate of drug-likeness (QED) is 0.624. The zero-order chi connectivity index (χ0) is 13.9. The van der Waals surface area contributed by atoms with Crippen LogP contribution in [0, 0.1) is 11.8 Å². The lowest BCUT2D eigenvalue weighted by Crippen LogP contribution is -2.44. The molecular weight excluding hydrogens is 260 g/mol. The third-order valence-electron chi connectivity index (χ3n) is 4.04. The van der Waals surface area contributed by atoms with Gasteiger partial charge in [0, 0.05) is 19.6 Å². The second-order valence-electron chi connectivity index (χ2n) is 6.26. The first kappa shape index (κ1) is 15.3. The zero-order valence-corrected chi connectivity index (χ0v) is 13.1. The van der Waals surface area contributed by atoms with Crippen molar-refractivity contribution in [3.8, 4) is 0 Å². The zero-order valence-electron chi connectivity index (χ0n) is 12.3. The van der Waals surface area contributed by atoms with E-state index in [1.807, 2.05) is 6.92 Å². The molecule has 2 rings (SSSR count). The minimum absolute atomic E-state index is 0.309. The third kappa shape index (κ3) is 4.72. The van der Waals surface area contributed by atoms with Crippen LogP contribution in [0.1, 0.15) is 46.0 Å². The van der Waals surface area contributed by atoms with E-state index >= 15 is 0 Å². The van der Waals surface area contributed by atoms with Crippen LogP contribution in [-0.4, -0.2) is 44.2 Å². The third-order valence-corrected chi connectivity index (χ3v) is 6.25. The van der Waals surface area contributed by atoms with E-state index in [2.05, 4.69) is 12.2 Å². The van der Waals surface area contributed by atoms with Gasteiger partial charge in [0.15, 0.2) is 0 Å². The summed E-state index contributed by atoms with van der Waals surface area (Å²) < 4.78 is 27.1. The standard InChI is InChI=1S/C14H28N2O2S/c1-3-8-15-9-12(2)19(17,18)16(10-13-4-5-13)11-14-6-7-14/h12-15H,3-11H2,1-2H3. The molecule has 0 spiro atoms. The fourth-order valence-electron chi connectivity index (χ4n) is 2.30. The maximum Gasteiger partial charge on any atom is 0.217 e. The minimum atomic E-state index is -3.12. The average molecular weight is 288 g/mol. The Morgan fingerprint density at radius 2 is 1.68 bits per heavy atom. The molecule has 1 atom stereocenters. The van der Waals surface area contributed by atoms with Crippen molar-refractivity contribution in [3.63, 3.8) is 0 Å². The molecule has 0 aliphatic heterocycles. The van der Waals surface area contributed by atoms with Gasteiger partial charge in [0.05, 0.1) is 5.25 Å². The maximum absolute atomic E-state index is 12.6. The van der Waals surface area contributed by atoms with Gasteiger partial charge in [-0.3, -0.25) is 0 Å². The molecule has 2 aliphatic rings. The van der Waals surface area contributed by atoms with Crippen molar-refractivity contribution in [2.45, 2.75) is 51.2 Å². The molecular formula is C14H28N2O2S. The van der Waals surface area contributed by atoms with Gasteiger partial charge in [-0.15, -0.1) is 0 Å². The van der Waals surface area contributed by atoms with Crippen LogP contribution in [0.2, 0.25) is 0 Å². The Morgan fingerprint density at radius 1 is 1.16 bits per heavy atom. The monoisotopic (exact) mass is 288 g/mol. The molecule has 0 heterocycles. The molecule has 112 valence electrons. The summed E-state index contributed by atoms with van der Waals surface area (Å²) in [6.07, 6.45) is 5.87. The average Bonchev–Trinajstić information content (AvgIpc) is 3.23. The van der Waals surface area contributed by atoms with Crippen molar-refractivity contribution in [1.82, 2.24) is 9.62 Å². The van der Waals surface area contributed by atoms with Crippen LogP contribution in [0.4, 0.5) is 0 Å². The van der Waals surface area contributed by atoms with E-state index in [-0.39, 0.29) is 5.25 Å². The number of nitrogens with zero attached hydrogens (tertiary/aromatic N) is 1. The smallest absolute Gasteiger partial charge is 0.217 e. The Morgan fingerprint density at radius 3 is 2.11 bits per heavy atom. The van der Waals surface area contributed by atoms with Gasteiger partial charge in [0.1, 0.15) is 0 Å². The fourth-order valence-corrected chi connectivity index (χ4v) is 3.98. The largest absolute Gasteiger partial charge is 0.315 e. The van der Waals surface area contributed by atoms with Crippen molar-refractivity contribution < 1.29 is 8.42 Å². The summed E-state index contributed by atoms with van der Waals surface area (Å²) in [5.41, 5.74) is 0. The van der Waals surface area contributed by atoms with Gasteiger partial charge in [-0.05, 0) is 57.4 Å². The minimum Gasteiger partial charge on any atom is -0.315 e. The molecule has 2 saturated carbocycles. The van der Waals surface area contributed by atoms with Crippen LogP contribution in [0.3, 0.4) is 0 Å². The highest BCUT2D eigenvalue weighted by molar-refractivity contribution is 7.89. The highest BCUT2D eigenvalue weighted by Gasteiger charge is 2.37. The van der Waals surface area contributed by atoms with Crippen molar-refractivity contribution >= 4 is 10.0 Å². The molecule has 2 fully saturated rings. The number of hydrogen-bond donors (Lipinski definition) is 1. The SMILES string of the molecule is CCCNCC(C)S(=O)(=O)N(CC1CC1)CC1CC1. The maximum atomic E-state index is 12.6. The van der Waals surface area contributed by atoms with Gasteiger partial charge >= 0.3 is 0 Å². The molecule has 0 aromatic heterocycles. The Labute approximate surface area is 118 Å². The lowest BCUT2D eigenvalue weighted by atomic mass is 10.4. The first-order valence-corrected chi connectivity index (χ1v) is 9.24. The van der Waals surface area contributed by atoms with Crippen LogP contribution in [0.5, 0.6) is 0 Å². The van der Waals surface area contributed by atoms with Gasteiger partial charge < -0.3 is 5.32 Å². The van der Waals surface area contributed by atoms with Gasteiger partial charge in [-0.25, -0.2) is 12.7 Å². The summed E-state index contributed by atoms with van der Waals surface area (Å²) in [5, 5.41) is 2.92. The molecule has 0 aromatic rings. The van der Waals surface area contributed by atoms with E-state index in [9.17, 15) is 8.42 Å². The highest BCUT2D eigenvalue weighted by Crippen LogP contribution is 2.35. The van der Waals surface area contributed by atoms with Crippen LogP contribution >= 0.6 is 0 Å². The molecule has 5 heteroatoms. The molecule has 4 nitrogen and oxygen atoms in total. The lowest BCUT2D eigenvalue weighted by molar-refractivity contribution is 0.376. The summed E-state index contributed by atoms with van der Waals surface area (Å²) in [4.78, 5) is 0. The Balaban J connectivity index is 1.91. The fraction of sp³-hybridized carbons (Fsp3) is 1.00. The van der Waals surface area contributed by atoms with Gasteiger partial charge in [0.25, 0.3) is 0 Å². The second kappa shape index (κ2) is 6.55. The van der Waals surface area contributed by atoms with Crippen LogP contribution in [0.15, 0.2) is 0 Å². The lowest BCUT2D eigenvalue weighted by Gasteiger charge is -2.26. The first-order valence-electron chi connectivity index (χ1n) is 7.73. The van der Waals surface area contributed by atoms with E-state index in [0.29, 0.717) is 18.4 Å². The van der Waals surface area contributed by atoms with Crippen molar-refractivity contribution in [2.24, 2.45) is 11.8 Å². The first-order chi connectivity index (χ1) is 9.04. The number of hydrogen-bond acceptors (Lipinski definition) is 3. The summed E-state index contributed by atoms with van der Waals surface area (Å²) >= 11 is 0. The molecule has 0 aromatic carbocycles. The van der Waals surface area contributed by atoms with E-state index in [4.69, 9.17) is 0 Å². The van der Waals surface area contributed by atoms with E-state index < -0.39 is 10.0 Å². The summed E-state index contributed by atoms with van der Waals surface area (Å²) in [6.45, 7) is 6.92. The number of nitrogens with one attached hydrogen (secondary N) is 1. The van der Waals surface area contributed by atoms with E-state index in [0.717, 1.165) is 26.1 Å². The second-order valence-corrected chi connectivity index (χ2v) is 8.61. The van der Waals surface area contributed by atoms with E-state index in [1.54, 1.807) is 4.31 Å². The van der Waals surface area contributed by atoms with E-state index in [1.165, 1.54) is 25.7 Å². The van der Waals surface area contributed by atoms with Crippen LogP contribution < -0.4 is 5.32 Å². The predicted molar refractivity (Wildman–Crippen MR) is 78.6 cm³/mol. The molecule has 0 radical (unpaired) electrons. The number of sulfonamides is 1. The Bertz CT molecular complexity index is 361. The van der Waals surface area contributed by atoms with Crippen molar-refractivity contribution in [2.75, 3.05) is 26.2 Å². The molecule has 1 N–H and O–H groups in total. The Hall–Kier alpha value is -0.130. The summed E-state index contributed by atoms with van der Waals surface area (Å²) in [5.74, 6) is 1.26. The molecule has 0 saturated heterocycles.